The van der Waals surface area contributed by atoms with E-state index in [2.05, 4.69) is 6.92 Å². The van der Waals surface area contributed by atoms with Crippen LogP contribution in [0.15, 0.2) is 0 Å². The van der Waals surface area contributed by atoms with Crippen LogP contribution in [0.2, 0.25) is 0 Å². The van der Waals surface area contributed by atoms with Gasteiger partial charge in [-0.2, -0.15) is 11.8 Å². The maximum Gasteiger partial charge on any atom is 0.0461 e. The zero-order valence-corrected chi connectivity index (χ0v) is 10.2. The second-order valence-electron chi connectivity index (χ2n) is 4.33. The quantitative estimate of drug-likeness (QED) is 0.659. The Bertz CT molecular complexity index is 132. The van der Waals surface area contributed by atoms with Crippen LogP contribution in [-0.2, 0) is 0 Å². The van der Waals surface area contributed by atoms with Gasteiger partial charge in [0.15, 0.2) is 0 Å². The number of hydrogen-bond donors (Lipinski definition) is 1. The minimum Gasteiger partial charge on any atom is -0.396 e. The summed E-state index contributed by atoms with van der Waals surface area (Å²) < 4.78 is 0. The normalized spacial score (nSPS) is 20.1. The van der Waals surface area contributed by atoms with E-state index in [1.807, 2.05) is 11.8 Å². The lowest BCUT2D eigenvalue weighted by Gasteiger charge is -2.20. The number of aliphatic hydroxyl groups excluding tert-OH is 1. The third-order valence-electron chi connectivity index (χ3n) is 3.37. The first kappa shape index (κ1) is 12.4. The van der Waals surface area contributed by atoms with Crippen molar-refractivity contribution < 1.29 is 5.11 Å². The van der Waals surface area contributed by atoms with Crippen molar-refractivity contribution in [2.75, 3.05) is 18.1 Å². The van der Waals surface area contributed by atoms with Crippen LogP contribution in [0.4, 0.5) is 0 Å². The molecule has 0 spiro atoms. The average molecular weight is 216 g/mol. The molecule has 0 bridgehead atoms. The van der Waals surface area contributed by atoms with Gasteiger partial charge in [0, 0.05) is 6.61 Å². The van der Waals surface area contributed by atoms with Crippen molar-refractivity contribution in [1.82, 2.24) is 0 Å². The third-order valence-corrected chi connectivity index (χ3v) is 4.35. The van der Waals surface area contributed by atoms with Gasteiger partial charge in [-0.25, -0.2) is 0 Å². The second-order valence-corrected chi connectivity index (χ2v) is 5.72. The van der Waals surface area contributed by atoms with Crippen LogP contribution in [0.1, 0.15) is 45.4 Å². The summed E-state index contributed by atoms with van der Waals surface area (Å²) in [5.41, 5.74) is 0. The highest BCUT2D eigenvalue weighted by Gasteiger charge is 2.23. The van der Waals surface area contributed by atoms with Gasteiger partial charge in [0.05, 0.1) is 0 Å². The summed E-state index contributed by atoms with van der Waals surface area (Å²) in [6, 6.07) is 0. The molecule has 14 heavy (non-hydrogen) atoms. The van der Waals surface area contributed by atoms with Crippen LogP contribution in [0, 0.1) is 11.8 Å². The summed E-state index contributed by atoms with van der Waals surface area (Å²) in [4.78, 5) is 0. The number of rotatable bonds is 7. The van der Waals surface area contributed by atoms with Gasteiger partial charge >= 0.3 is 0 Å². The average Bonchev–Trinajstić information content (AvgIpc) is 2.71. The van der Waals surface area contributed by atoms with Gasteiger partial charge in [-0.05, 0) is 36.2 Å². The predicted molar refractivity (Wildman–Crippen MR) is 64.8 cm³/mol. The van der Waals surface area contributed by atoms with Crippen molar-refractivity contribution in [3.8, 4) is 0 Å². The molecular formula is C12H24OS. The SMILES string of the molecule is CCSCCCC(CO)C1CCCC1. The Kier molecular flexibility index (Phi) is 6.70. The maximum absolute atomic E-state index is 9.34. The van der Waals surface area contributed by atoms with E-state index in [9.17, 15) is 5.11 Å². The van der Waals surface area contributed by atoms with Crippen molar-refractivity contribution in [2.24, 2.45) is 11.8 Å². The molecule has 0 saturated heterocycles. The van der Waals surface area contributed by atoms with Crippen LogP contribution in [-0.4, -0.2) is 23.2 Å². The molecule has 1 aliphatic rings. The second kappa shape index (κ2) is 7.58. The summed E-state index contributed by atoms with van der Waals surface area (Å²) in [6.45, 7) is 2.63. The molecular weight excluding hydrogens is 192 g/mol. The lowest BCUT2D eigenvalue weighted by molar-refractivity contribution is 0.167. The zero-order chi connectivity index (χ0) is 10.2. The van der Waals surface area contributed by atoms with E-state index in [1.165, 1.54) is 50.0 Å². The van der Waals surface area contributed by atoms with E-state index in [1.54, 1.807) is 0 Å². The van der Waals surface area contributed by atoms with Crippen LogP contribution in [0.25, 0.3) is 0 Å². The Morgan fingerprint density at radius 3 is 2.64 bits per heavy atom. The van der Waals surface area contributed by atoms with Gasteiger partial charge < -0.3 is 5.11 Å². The molecule has 1 fully saturated rings. The topological polar surface area (TPSA) is 20.2 Å². The number of thioether (sulfide) groups is 1. The predicted octanol–water partition coefficient (Wildman–Crippen LogP) is 3.32. The smallest absolute Gasteiger partial charge is 0.0461 e. The van der Waals surface area contributed by atoms with Crippen molar-refractivity contribution in [3.63, 3.8) is 0 Å². The Balaban J connectivity index is 2.11. The molecule has 1 rings (SSSR count). The van der Waals surface area contributed by atoms with Gasteiger partial charge in [0.1, 0.15) is 0 Å². The Hall–Kier alpha value is 0.310. The summed E-state index contributed by atoms with van der Waals surface area (Å²) in [5.74, 6) is 3.95. The van der Waals surface area contributed by atoms with E-state index in [-0.39, 0.29) is 0 Å². The number of aliphatic hydroxyl groups is 1. The van der Waals surface area contributed by atoms with E-state index in [4.69, 9.17) is 0 Å². The highest BCUT2D eigenvalue weighted by Crippen LogP contribution is 2.33. The molecule has 1 aliphatic carbocycles. The fraction of sp³-hybridized carbons (Fsp3) is 1.00. The summed E-state index contributed by atoms with van der Waals surface area (Å²) in [7, 11) is 0. The van der Waals surface area contributed by atoms with Gasteiger partial charge in [0.2, 0.25) is 0 Å². The minimum absolute atomic E-state index is 0.418. The van der Waals surface area contributed by atoms with Gasteiger partial charge in [0.25, 0.3) is 0 Å². The Labute approximate surface area is 92.7 Å². The van der Waals surface area contributed by atoms with Crippen LogP contribution >= 0.6 is 11.8 Å². The standard InChI is InChI=1S/C12H24OS/c1-2-14-9-5-8-12(10-13)11-6-3-4-7-11/h11-13H,2-10H2,1H3. The van der Waals surface area contributed by atoms with Crippen LogP contribution in [0.5, 0.6) is 0 Å². The van der Waals surface area contributed by atoms with E-state index >= 15 is 0 Å². The van der Waals surface area contributed by atoms with Gasteiger partial charge in [-0.1, -0.05) is 32.6 Å². The lowest BCUT2D eigenvalue weighted by Crippen LogP contribution is -2.16. The molecule has 0 aromatic heterocycles. The fourth-order valence-electron chi connectivity index (χ4n) is 2.50. The van der Waals surface area contributed by atoms with Gasteiger partial charge in [-0.3, -0.25) is 0 Å². The van der Waals surface area contributed by atoms with Crippen LogP contribution in [0.3, 0.4) is 0 Å². The summed E-state index contributed by atoms with van der Waals surface area (Å²) in [5, 5.41) is 9.34. The first-order chi connectivity index (χ1) is 6.88. The van der Waals surface area contributed by atoms with Crippen molar-refractivity contribution >= 4 is 11.8 Å². The molecule has 0 aromatic rings. The van der Waals surface area contributed by atoms with E-state index in [0.717, 1.165) is 5.92 Å². The molecule has 2 heteroatoms. The monoisotopic (exact) mass is 216 g/mol. The first-order valence-electron chi connectivity index (χ1n) is 6.07. The summed E-state index contributed by atoms with van der Waals surface area (Å²) >= 11 is 2.02. The molecule has 0 heterocycles. The van der Waals surface area contributed by atoms with Gasteiger partial charge in [-0.15, -0.1) is 0 Å². The highest BCUT2D eigenvalue weighted by atomic mass is 32.2. The zero-order valence-electron chi connectivity index (χ0n) is 9.37. The first-order valence-corrected chi connectivity index (χ1v) is 7.22. The largest absolute Gasteiger partial charge is 0.396 e. The molecule has 0 amide bonds. The Morgan fingerprint density at radius 1 is 1.36 bits per heavy atom. The molecule has 0 radical (unpaired) electrons. The molecule has 84 valence electrons. The lowest BCUT2D eigenvalue weighted by atomic mass is 9.88. The molecule has 1 atom stereocenters. The van der Waals surface area contributed by atoms with Crippen molar-refractivity contribution in [2.45, 2.75) is 45.4 Å². The van der Waals surface area contributed by atoms with E-state index in [0.29, 0.717) is 12.5 Å². The molecule has 0 aliphatic heterocycles. The molecule has 1 nitrogen and oxygen atoms in total. The minimum atomic E-state index is 0.418. The molecule has 1 N–H and O–H groups in total. The van der Waals surface area contributed by atoms with E-state index < -0.39 is 0 Å². The molecule has 0 aromatic carbocycles. The van der Waals surface area contributed by atoms with Crippen molar-refractivity contribution in [3.05, 3.63) is 0 Å². The van der Waals surface area contributed by atoms with Crippen LogP contribution < -0.4 is 0 Å². The summed E-state index contributed by atoms with van der Waals surface area (Å²) in [6.07, 6.45) is 8.06. The number of hydrogen-bond acceptors (Lipinski definition) is 2. The Morgan fingerprint density at radius 2 is 2.07 bits per heavy atom. The maximum atomic E-state index is 9.34. The van der Waals surface area contributed by atoms with Crippen molar-refractivity contribution in [1.29, 1.82) is 0 Å². The highest BCUT2D eigenvalue weighted by molar-refractivity contribution is 7.99. The molecule has 1 unspecified atom stereocenters. The fourth-order valence-corrected chi connectivity index (χ4v) is 3.16. The third kappa shape index (κ3) is 4.22. The molecule has 1 saturated carbocycles.